The second kappa shape index (κ2) is 8.34. The van der Waals surface area contributed by atoms with Crippen LogP contribution in [0.15, 0.2) is 0 Å². The third kappa shape index (κ3) is 6.64. The van der Waals surface area contributed by atoms with Gasteiger partial charge in [0.1, 0.15) is 13.1 Å². The average Bonchev–Trinajstić information content (AvgIpc) is 2.32. The van der Waals surface area contributed by atoms with E-state index >= 15 is 0 Å². The summed E-state index contributed by atoms with van der Waals surface area (Å²) in [6, 6.07) is -0.429. The molecule has 0 aromatic heterocycles. The number of amides is 3. The van der Waals surface area contributed by atoms with E-state index in [9.17, 15) is 14.4 Å². The number of aliphatic carboxylic acids is 1. The first kappa shape index (κ1) is 17.2. The van der Waals surface area contributed by atoms with Crippen molar-refractivity contribution in [2.24, 2.45) is 5.92 Å². The molecule has 0 aliphatic heterocycles. The van der Waals surface area contributed by atoms with Crippen LogP contribution in [0, 0.1) is 5.92 Å². The monoisotopic (exact) mass is 273 g/mol. The molecular formula is C12H23N3O4. The molecule has 2 N–H and O–H groups in total. The summed E-state index contributed by atoms with van der Waals surface area (Å²) in [7, 11) is 1.49. The third-order valence-corrected chi connectivity index (χ3v) is 2.45. The van der Waals surface area contributed by atoms with Crippen molar-refractivity contribution in [3.63, 3.8) is 0 Å². The summed E-state index contributed by atoms with van der Waals surface area (Å²) in [6.45, 7) is 5.81. The van der Waals surface area contributed by atoms with E-state index in [1.54, 1.807) is 6.92 Å². The molecular weight excluding hydrogens is 250 g/mol. The zero-order chi connectivity index (χ0) is 15.0. The summed E-state index contributed by atoms with van der Waals surface area (Å²) in [4.78, 5) is 36.9. The Balaban J connectivity index is 4.81. The molecule has 7 nitrogen and oxygen atoms in total. The Morgan fingerprint density at radius 3 is 2.11 bits per heavy atom. The molecule has 0 aromatic rings. The van der Waals surface area contributed by atoms with E-state index in [0.717, 1.165) is 0 Å². The summed E-state index contributed by atoms with van der Waals surface area (Å²) in [5.74, 6) is -1.19. The normalized spacial score (nSPS) is 10.2. The van der Waals surface area contributed by atoms with Crippen LogP contribution in [0.5, 0.6) is 0 Å². The zero-order valence-corrected chi connectivity index (χ0v) is 12.0. The Labute approximate surface area is 113 Å². The van der Waals surface area contributed by atoms with Crippen LogP contribution in [-0.2, 0) is 9.59 Å². The number of likely N-dealkylation sites (N-methyl/N-ethyl adjacent to an activating group) is 2. The molecule has 19 heavy (non-hydrogen) atoms. The van der Waals surface area contributed by atoms with Gasteiger partial charge in [0.25, 0.3) is 0 Å². The molecule has 0 saturated carbocycles. The lowest BCUT2D eigenvalue weighted by atomic mass is 10.2. The second-order valence-electron chi connectivity index (χ2n) is 4.64. The number of nitrogens with one attached hydrogen (secondary N) is 1. The van der Waals surface area contributed by atoms with E-state index in [1.807, 2.05) is 13.8 Å². The molecule has 0 fully saturated rings. The highest BCUT2D eigenvalue weighted by Gasteiger charge is 2.23. The highest BCUT2D eigenvalue weighted by molar-refractivity contribution is 5.85. The summed E-state index contributed by atoms with van der Waals surface area (Å²) < 4.78 is 0. The molecule has 0 aromatic carbocycles. The molecule has 0 aliphatic carbocycles. The highest BCUT2D eigenvalue weighted by atomic mass is 16.4. The fraction of sp³-hybridized carbons (Fsp3) is 0.750. The van der Waals surface area contributed by atoms with Gasteiger partial charge in [0, 0.05) is 20.1 Å². The van der Waals surface area contributed by atoms with Gasteiger partial charge in [-0.25, -0.2) is 4.79 Å². The number of nitrogens with zero attached hydrogens (tertiary/aromatic N) is 2. The number of urea groups is 1. The molecule has 0 atom stereocenters. The van der Waals surface area contributed by atoms with Gasteiger partial charge in [-0.15, -0.1) is 0 Å². The minimum absolute atomic E-state index is 0.0694. The number of carbonyl (C=O) groups is 3. The molecule has 0 unspecified atom stereocenters. The lowest BCUT2D eigenvalue weighted by molar-refractivity contribution is -0.137. The third-order valence-electron chi connectivity index (χ3n) is 2.45. The predicted octanol–water partition coefficient (Wildman–Crippen LogP) is 0.217. The largest absolute Gasteiger partial charge is 0.480 e. The van der Waals surface area contributed by atoms with Crippen molar-refractivity contribution in [1.82, 2.24) is 15.1 Å². The molecule has 0 rings (SSSR count). The second-order valence-corrected chi connectivity index (χ2v) is 4.64. The number of hydrogen-bond donors (Lipinski definition) is 2. The van der Waals surface area contributed by atoms with Gasteiger partial charge in [0.15, 0.2) is 0 Å². The summed E-state index contributed by atoms with van der Waals surface area (Å²) in [5, 5.41) is 11.3. The maximum Gasteiger partial charge on any atom is 0.323 e. The van der Waals surface area contributed by atoms with Crippen LogP contribution in [0.1, 0.15) is 20.8 Å². The van der Waals surface area contributed by atoms with Crippen LogP contribution in [0.3, 0.4) is 0 Å². The fourth-order valence-corrected chi connectivity index (χ4v) is 1.58. The SMILES string of the molecule is CCN(CC(=O)NC)C(=O)N(CC(=O)O)CC(C)C. The molecule has 0 radical (unpaired) electrons. The van der Waals surface area contributed by atoms with Crippen molar-refractivity contribution >= 4 is 17.9 Å². The van der Waals surface area contributed by atoms with Crippen molar-refractivity contribution in [3.05, 3.63) is 0 Å². The van der Waals surface area contributed by atoms with Crippen molar-refractivity contribution in [1.29, 1.82) is 0 Å². The predicted molar refractivity (Wildman–Crippen MR) is 70.8 cm³/mol. The number of carboxylic acids is 1. The van der Waals surface area contributed by atoms with Gasteiger partial charge in [-0.05, 0) is 12.8 Å². The minimum atomic E-state index is -1.06. The first-order valence-electron chi connectivity index (χ1n) is 6.28. The molecule has 0 spiro atoms. The molecule has 0 bridgehead atoms. The van der Waals surface area contributed by atoms with Gasteiger partial charge in [-0.3, -0.25) is 9.59 Å². The summed E-state index contributed by atoms with van der Waals surface area (Å²) in [5.41, 5.74) is 0. The maximum atomic E-state index is 12.2. The maximum absolute atomic E-state index is 12.2. The Bertz CT molecular complexity index is 331. The van der Waals surface area contributed by atoms with Crippen molar-refractivity contribution < 1.29 is 19.5 Å². The van der Waals surface area contributed by atoms with E-state index in [2.05, 4.69) is 5.32 Å². The molecule has 0 saturated heterocycles. The van der Waals surface area contributed by atoms with Gasteiger partial charge >= 0.3 is 12.0 Å². The quantitative estimate of drug-likeness (QED) is 0.694. The molecule has 3 amide bonds. The number of rotatable bonds is 7. The Morgan fingerprint density at radius 2 is 1.74 bits per heavy atom. The number of carbonyl (C=O) groups excluding carboxylic acids is 2. The molecule has 7 heteroatoms. The van der Waals surface area contributed by atoms with Gasteiger partial charge in [0.05, 0.1) is 0 Å². The van der Waals surface area contributed by atoms with E-state index in [1.165, 1.54) is 16.8 Å². The first-order valence-corrected chi connectivity index (χ1v) is 6.28. The topological polar surface area (TPSA) is 90.0 Å². The van der Waals surface area contributed by atoms with Crippen molar-refractivity contribution in [3.8, 4) is 0 Å². The standard InChI is InChI=1S/C12H23N3O4/c1-5-14(7-10(16)13-4)12(19)15(6-9(2)3)8-11(17)18/h9H,5-8H2,1-4H3,(H,13,16)(H,17,18). The van der Waals surface area contributed by atoms with Crippen molar-refractivity contribution in [2.75, 3.05) is 33.2 Å². The molecule has 0 aliphatic rings. The smallest absolute Gasteiger partial charge is 0.323 e. The Hall–Kier alpha value is -1.79. The van der Waals surface area contributed by atoms with Crippen LogP contribution < -0.4 is 5.32 Å². The minimum Gasteiger partial charge on any atom is -0.480 e. The number of carboxylic acid groups (broad SMARTS) is 1. The first-order chi connectivity index (χ1) is 8.81. The lowest BCUT2D eigenvalue weighted by Gasteiger charge is -2.29. The van der Waals surface area contributed by atoms with E-state index in [4.69, 9.17) is 5.11 Å². The zero-order valence-electron chi connectivity index (χ0n) is 12.0. The van der Waals surface area contributed by atoms with Gasteiger partial charge in [0.2, 0.25) is 5.91 Å². The van der Waals surface area contributed by atoms with Gasteiger partial charge in [-0.2, -0.15) is 0 Å². The van der Waals surface area contributed by atoms with Gasteiger partial charge in [-0.1, -0.05) is 13.8 Å². The average molecular weight is 273 g/mol. The Kier molecular flexibility index (Phi) is 7.55. The summed E-state index contributed by atoms with van der Waals surface area (Å²) in [6.07, 6.45) is 0. The number of hydrogen-bond acceptors (Lipinski definition) is 3. The van der Waals surface area contributed by atoms with Gasteiger partial charge < -0.3 is 20.2 Å². The summed E-state index contributed by atoms with van der Waals surface area (Å²) >= 11 is 0. The lowest BCUT2D eigenvalue weighted by Crippen LogP contribution is -2.49. The van der Waals surface area contributed by atoms with E-state index in [0.29, 0.717) is 13.1 Å². The molecule has 110 valence electrons. The van der Waals surface area contributed by atoms with Crippen LogP contribution >= 0.6 is 0 Å². The van der Waals surface area contributed by atoms with Crippen LogP contribution in [0.25, 0.3) is 0 Å². The molecule has 0 heterocycles. The van der Waals surface area contributed by atoms with Crippen LogP contribution in [0.2, 0.25) is 0 Å². The fourth-order valence-electron chi connectivity index (χ4n) is 1.58. The van der Waals surface area contributed by atoms with Crippen LogP contribution in [0.4, 0.5) is 4.79 Å². The van der Waals surface area contributed by atoms with E-state index in [-0.39, 0.29) is 24.9 Å². The highest BCUT2D eigenvalue weighted by Crippen LogP contribution is 2.04. The Morgan fingerprint density at radius 1 is 1.16 bits per heavy atom. The van der Waals surface area contributed by atoms with Crippen molar-refractivity contribution in [2.45, 2.75) is 20.8 Å². The van der Waals surface area contributed by atoms with Crippen LogP contribution in [-0.4, -0.2) is 66.0 Å². The van der Waals surface area contributed by atoms with E-state index < -0.39 is 12.0 Å².